The molecule has 2 heterocycles. The van der Waals surface area contributed by atoms with Crippen molar-refractivity contribution < 1.29 is 18.7 Å². The van der Waals surface area contributed by atoms with E-state index in [4.69, 9.17) is 14.9 Å². The number of alkyl halides is 1. The lowest BCUT2D eigenvalue weighted by atomic mass is 9.98. The SMILES string of the molecule is C=CC(=N)c1cc(-c2cc(C(C)F)ncc2OC)c(C(=O)OC)cn1.CNC. The molecule has 0 aromatic carbocycles. The molecule has 0 bridgehead atoms. The van der Waals surface area contributed by atoms with Gasteiger partial charge in [0.15, 0.2) is 0 Å². The van der Waals surface area contributed by atoms with Crippen molar-refractivity contribution in [3.63, 3.8) is 0 Å². The molecule has 0 aliphatic carbocycles. The first-order valence-corrected chi connectivity index (χ1v) is 8.41. The molecule has 0 amide bonds. The normalized spacial score (nSPS) is 10.9. The maximum absolute atomic E-state index is 13.7. The van der Waals surface area contributed by atoms with Crippen LogP contribution in [0.2, 0.25) is 0 Å². The van der Waals surface area contributed by atoms with Gasteiger partial charge in [-0.1, -0.05) is 6.58 Å². The Morgan fingerprint density at radius 1 is 1.25 bits per heavy atom. The quantitative estimate of drug-likeness (QED) is 0.582. The number of halogens is 1. The zero-order valence-electron chi connectivity index (χ0n) is 16.7. The Hall–Kier alpha value is -3.13. The molecular weight excluding hydrogens is 363 g/mol. The lowest BCUT2D eigenvalue weighted by Crippen LogP contribution is -2.08. The minimum Gasteiger partial charge on any atom is -0.494 e. The summed E-state index contributed by atoms with van der Waals surface area (Å²) in [5.74, 6) is -0.246. The van der Waals surface area contributed by atoms with Gasteiger partial charge in [-0.15, -0.1) is 0 Å². The molecule has 8 heteroatoms. The van der Waals surface area contributed by atoms with Gasteiger partial charge >= 0.3 is 5.97 Å². The smallest absolute Gasteiger partial charge is 0.340 e. The van der Waals surface area contributed by atoms with Crippen LogP contribution in [0.15, 0.2) is 37.2 Å². The molecule has 1 unspecified atom stereocenters. The predicted octanol–water partition coefficient (Wildman–Crippen LogP) is 3.36. The largest absolute Gasteiger partial charge is 0.494 e. The van der Waals surface area contributed by atoms with Crippen molar-refractivity contribution in [2.75, 3.05) is 28.3 Å². The molecule has 0 radical (unpaired) electrons. The second kappa shape index (κ2) is 10.9. The Morgan fingerprint density at radius 3 is 2.39 bits per heavy atom. The summed E-state index contributed by atoms with van der Waals surface area (Å²) in [6.45, 7) is 4.91. The van der Waals surface area contributed by atoms with Crippen LogP contribution >= 0.6 is 0 Å². The minimum absolute atomic E-state index is 0.0878. The van der Waals surface area contributed by atoms with Gasteiger partial charge in [-0.3, -0.25) is 15.4 Å². The van der Waals surface area contributed by atoms with E-state index in [1.165, 1.54) is 45.7 Å². The van der Waals surface area contributed by atoms with Crippen molar-refractivity contribution in [2.24, 2.45) is 0 Å². The van der Waals surface area contributed by atoms with Crippen LogP contribution in [-0.4, -0.2) is 50.0 Å². The van der Waals surface area contributed by atoms with Gasteiger partial charge in [0.25, 0.3) is 0 Å². The number of methoxy groups -OCH3 is 2. The second-order valence-electron chi connectivity index (χ2n) is 5.65. The highest BCUT2D eigenvalue weighted by Gasteiger charge is 2.20. The van der Waals surface area contributed by atoms with Crippen LogP contribution in [0.3, 0.4) is 0 Å². The van der Waals surface area contributed by atoms with E-state index in [0.29, 0.717) is 22.6 Å². The average Bonchev–Trinajstić information content (AvgIpc) is 2.72. The van der Waals surface area contributed by atoms with Gasteiger partial charge in [-0.25, -0.2) is 9.18 Å². The number of carbonyl (C=O) groups is 1. The van der Waals surface area contributed by atoms with E-state index in [0.717, 1.165) is 0 Å². The van der Waals surface area contributed by atoms with E-state index in [1.54, 1.807) is 6.07 Å². The molecule has 2 aromatic rings. The van der Waals surface area contributed by atoms with Crippen molar-refractivity contribution in [1.29, 1.82) is 5.41 Å². The Kier molecular flexibility index (Phi) is 8.90. The number of aromatic nitrogens is 2. The van der Waals surface area contributed by atoms with Crippen LogP contribution in [0.25, 0.3) is 11.1 Å². The molecule has 150 valence electrons. The summed E-state index contributed by atoms with van der Waals surface area (Å²) in [5, 5.41) is 10.6. The van der Waals surface area contributed by atoms with E-state index in [9.17, 15) is 9.18 Å². The molecule has 2 rings (SSSR count). The molecule has 1 atom stereocenters. The summed E-state index contributed by atoms with van der Waals surface area (Å²) >= 11 is 0. The predicted molar refractivity (Wildman–Crippen MR) is 107 cm³/mol. The van der Waals surface area contributed by atoms with E-state index < -0.39 is 12.1 Å². The number of nitrogens with one attached hydrogen (secondary N) is 2. The van der Waals surface area contributed by atoms with E-state index in [1.807, 2.05) is 14.1 Å². The number of ether oxygens (including phenoxy) is 2. The van der Waals surface area contributed by atoms with Crippen molar-refractivity contribution in [3.8, 4) is 16.9 Å². The van der Waals surface area contributed by atoms with Crippen molar-refractivity contribution in [3.05, 3.63) is 54.1 Å². The number of rotatable bonds is 6. The summed E-state index contributed by atoms with van der Waals surface area (Å²) in [5.41, 5.74) is 1.63. The van der Waals surface area contributed by atoms with Crippen LogP contribution in [0.4, 0.5) is 4.39 Å². The maximum Gasteiger partial charge on any atom is 0.340 e. The molecule has 0 fully saturated rings. The molecule has 0 aliphatic rings. The summed E-state index contributed by atoms with van der Waals surface area (Å²) in [6, 6.07) is 3.05. The fourth-order valence-electron chi connectivity index (χ4n) is 2.25. The van der Waals surface area contributed by atoms with Gasteiger partial charge in [0.2, 0.25) is 0 Å². The van der Waals surface area contributed by atoms with Crippen LogP contribution in [-0.2, 0) is 4.74 Å². The maximum atomic E-state index is 13.7. The zero-order valence-corrected chi connectivity index (χ0v) is 16.7. The van der Waals surface area contributed by atoms with Gasteiger partial charge in [0.05, 0.1) is 43.1 Å². The first-order valence-electron chi connectivity index (χ1n) is 8.41. The standard InChI is InChI=1S/C18H18FN3O3.C2H7N/c1-5-14(20)16-6-11(13(8-21-16)18(23)25-4)12-7-15(10(2)19)22-9-17(12)24-3;1-3-2/h5-10,20H,1H2,2-4H3;3H,1-2H3. The van der Waals surface area contributed by atoms with Crippen LogP contribution in [0, 0.1) is 5.41 Å². The lowest BCUT2D eigenvalue weighted by molar-refractivity contribution is 0.0601. The van der Waals surface area contributed by atoms with Gasteiger partial charge < -0.3 is 14.8 Å². The Bertz CT molecular complexity index is 853. The van der Waals surface area contributed by atoms with E-state index in [-0.39, 0.29) is 17.0 Å². The summed E-state index contributed by atoms with van der Waals surface area (Å²) in [6.07, 6.45) is 2.75. The number of allylic oxidation sites excluding steroid dienone is 1. The summed E-state index contributed by atoms with van der Waals surface area (Å²) in [4.78, 5) is 20.2. The Balaban J connectivity index is 0.00000122. The lowest BCUT2D eigenvalue weighted by Gasteiger charge is -2.14. The van der Waals surface area contributed by atoms with Crippen molar-refractivity contribution in [1.82, 2.24) is 15.3 Å². The molecular formula is C20H25FN4O3. The van der Waals surface area contributed by atoms with Gasteiger partial charge in [0, 0.05) is 17.3 Å². The number of pyridine rings is 2. The third-order valence-electron chi connectivity index (χ3n) is 3.60. The number of hydrogen-bond donors (Lipinski definition) is 2. The number of carbonyl (C=O) groups excluding carboxylic acids is 1. The highest BCUT2D eigenvalue weighted by molar-refractivity contribution is 6.07. The van der Waals surface area contributed by atoms with Crippen molar-refractivity contribution in [2.45, 2.75) is 13.1 Å². The fourth-order valence-corrected chi connectivity index (χ4v) is 2.25. The van der Waals surface area contributed by atoms with Crippen molar-refractivity contribution >= 4 is 11.7 Å². The topological polar surface area (TPSA) is 97.2 Å². The van der Waals surface area contributed by atoms with E-state index in [2.05, 4.69) is 21.9 Å². The first-order chi connectivity index (χ1) is 13.3. The number of hydrogen-bond acceptors (Lipinski definition) is 7. The number of esters is 1. The molecule has 0 saturated carbocycles. The van der Waals surface area contributed by atoms with Gasteiger partial charge in [-0.2, -0.15) is 0 Å². The third-order valence-corrected chi connectivity index (χ3v) is 3.60. The summed E-state index contributed by atoms with van der Waals surface area (Å²) < 4.78 is 23.8. The summed E-state index contributed by atoms with van der Waals surface area (Å²) in [7, 11) is 6.45. The number of nitrogens with zero attached hydrogens (tertiary/aromatic N) is 2. The highest BCUT2D eigenvalue weighted by Crippen LogP contribution is 2.34. The Labute approximate surface area is 164 Å². The molecule has 2 N–H and O–H groups in total. The fraction of sp³-hybridized carbons (Fsp3) is 0.300. The van der Waals surface area contributed by atoms with E-state index >= 15 is 0 Å². The minimum atomic E-state index is -1.29. The second-order valence-corrected chi connectivity index (χ2v) is 5.65. The molecule has 28 heavy (non-hydrogen) atoms. The van der Waals surface area contributed by atoms with Gasteiger partial charge in [0.1, 0.15) is 11.9 Å². The molecule has 0 aliphatic heterocycles. The third kappa shape index (κ3) is 5.43. The average molecular weight is 388 g/mol. The van der Waals surface area contributed by atoms with Gasteiger partial charge in [-0.05, 0) is 39.2 Å². The molecule has 2 aromatic heterocycles. The first kappa shape index (κ1) is 22.9. The molecule has 0 saturated heterocycles. The zero-order chi connectivity index (χ0) is 21.3. The van der Waals surface area contributed by atoms with Crippen LogP contribution < -0.4 is 10.1 Å². The molecule has 7 nitrogen and oxygen atoms in total. The Morgan fingerprint density at radius 2 is 1.89 bits per heavy atom. The van der Waals surface area contributed by atoms with Crippen LogP contribution in [0.1, 0.15) is 34.8 Å². The van der Waals surface area contributed by atoms with Crippen LogP contribution in [0.5, 0.6) is 5.75 Å². The highest BCUT2D eigenvalue weighted by atomic mass is 19.1. The molecule has 0 spiro atoms. The monoisotopic (exact) mass is 388 g/mol.